The van der Waals surface area contributed by atoms with Crippen molar-refractivity contribution in [3.8, 4) is 0 Å². The Balaban J connectivity index is 1.40. The highest BCUT2D eigenvalue weighted by atomic mass is 35.5. The molecule has 3 aromatic carbocycles. The third kappa shape index (κ3) is 5.33. The molecule has 0 saturated carbocycles. The highest BCUT2D eigenvalue weighted by molar-refractivity contribution is 8.18. The van der Waals surface area contributed by atoms with Crippen molar-refractivity contribution in [1.29, 1.82) is 0 Å². The fourth-order valence-corrected chi connectivity index (χ4v) is 5.73. The molecule has 6 nitrogen and oxygen atoms in total. The number of aryl methyl sites for hydroxylation is 1. The first kappa shape index (κ1) is 26.4. The van der Waals surface area contributed by atoms with Crippen LogP contribution in [0.2, 0.25) is 15.1 Å². The molecule has 1 fully saturated rings. The molecule has 0 aliphatic carbocycles. The number of nitrogens with zero attached hydrogens (tertiary/aromatic N) is 2. The summed E-state index contributed by atoms with van der Waals surface area (Å²) in [6.07, 6.45) is 3.57. The van der Waals surface area contributed by atoms with Crippen molar-refractivity contribution in [1.82, 2.24) is 9.47 Å². The summed E-state index contributed by atoms with van der Waals surface area (Å²) in [5.74, 6) is -1.02. The molecular weight excluding hydrogens is 565 g/mol. The molecule has 1 aromatic heterocycles. The number of rotatable bonds is 6. The van der Waals surface area contributed by atoms with Gasteiger partial charge < -0.3 is 9.88 Å². The van der Waals surface area contributed by atoms with Gasteiger partial charge in [-0.2, -0.15) is 0 Å². The molecule has 0 atom stereocenters. The number of para-hydroxylation sites is 1. The quantitative estimate of drug-likeness (QED) is 0.237. The van der Waals surface area contributed by atoms with Gasteiger partial charge in [-0.25, -0.2) is 0 Å². The van der Waals surface area contributed by atoms with E-state index in [9.17, 15) is 14.4 Å². The molecule has 5 rings (SSSR count). The highest BCUT2D eigenvalue weighted by Gasteiger charge is 2.36. The topological polar surface area (TPSA) is 71.4 Å². The standard InChI is InChI=1S/C28H20Cl3N3O3S/c1-16-9-10-18(29)12-23(16)32-26(35)15-34-27(36)25(38-28(34)37)11-17-13-33(24-8-3-2-5-19(17)24)14-20-21(30)6-4-7-22(20)31/h2-13H,14-15H2,1H3,(H,32,35)/b25-11-. The number of carbonyl (C=O) groups is 3. The second-order valence-electron chi connectivity index (χ2n) is 8.70. The van der Waals surface area contributed by atoms with Gasteiger partial charge in [0, 0.05) is 49.0 Å². The summed E-state index contributed by atoms with van der Waals surface area (Å²) in [5.41, 5.74) is 3.80. The van der Waals surface area contributed by atoms with Gasteiger partial charge in [0.2, 0.25) is 5.91 Å². The molecule has 1 N–H and O–H groups in total. The minimum atomic E-state index is -0.524. The zero-order chi connectivity index (χ0) is 27.0. The van der Waals surface area contributed by atoms with Crippen LogP contribution in [0.4, 0.5) is 10.5 Å². The first-order valence-electron chi connectivity index (χ1n) is 11.5. The van der Waals surface area contributed by atoms with Crippen LogP contribution in [0.3, 0.4) is 0 Å². The zero-order valence-corrected chi connectivity index (χ0v) is 23.1. The lowest BCUT2D eigenvalue weighted by molar-refractivity contribution is -0.127. The molecular formula is C28H20Cl3N3O3S. The maximum absolute atomic E-state index is 13.1. The third-order valence-electron chi connectivity index (χ3n) is 6.15. The summed E-state index contributed by atoms with van der Waals surface area (Å²) in [7, 11) is 0. The lowest BCUT2D eigenvalue weighted by Gasteiger charge is -2.13. The number of imide groups is 1. The van der Waals surface area contributed by atoms with E-state index in [2.05, 4.69) is 5.32 Å². The number of aromatic nitrogens is 1. The Morgan fingerprint density at radius 1 is 1.00 bits per heavy atom. The Bertz CT molecular complexity index is 1630. The van der Waals surface area contributed by atoms with E-state index in [-0.39, 0.29) is 4.91 Å². The molecule has 3 amide bonds. The number of fused-ring (bicyclic) bond motifs is 1. The molecule has 0 radical (unpaired) electrons. The van der Waals surface area contributed by atoms with E-state index in [1.807, 2.05) is 42.0 Å². The zero-order valence-electron chi connectivity index (χ0n) is 20.0. The fourth-order valence-electron chi connectivity index (χ4n) is 4.21. The first-order chi connectivity index (χ1) is 18.2. The van der Waals surface area contributed by atoms with Gasteiger partial charge in [-0.05, 0) is 60.7 Å². The van der Waals surface area contributed by atoms with Crippen molar-refractivity contribution in [3.63, 3.8) is 0 Å². The average Bonchev–Trinajstić information content (AvgIpc) is 3.35. The predicted octanol–water partition coefficient (Wildman–Crippen LogP) is 7.63. The van der Waals surface area contributed by atoms with Crippen molar-refractivity contribution < 1.29 is 14.4 Å². The highest BCUT2D eigenvalue weighted by Crippen LogP contribution is 2.35. The molecule has 1 saturated heterocycles. The van der Waals surface area contributed by atoms with Crippen LogP contribution >= 0.6 is 46.6 Å². The van der Waals surface area contributed by atoms with Crippen LogP contribution in [-0.4, -0.2) is 33.1 Å². The average molecular weight is 585 g/mol. The number of hydrogen-bond donors (Lipinski definition) is 1. The van der Waals surface area contributed by atoms with Crippen LogP contribution in [0.25, 0.3) is 17.0 Å². The van der Waals surface area contributed by atoms with E-state index in [4.69, 9.17) is 34.8 Å². The third-order valence-corrected chi connectivity index (χ3v) is 8.00. The van der Waals surface area contributed by atoms with Gasteiger partial charge in [-0.15, -0.1) is 0 Å². The molecule has 1 aliphatic heterocycles. The van der Waals surface area contributed by atoms with Crippen LogP contribution in [0.15, 0.2) is 71.8 Å². The number of nitrogens with one attached hydrogen (secondary N) is 1. The van der Waals surface area contributed by atoms with E-state index in [1.165, 1.54) is 0 Å². The van der Waals surface area contributed by atoms with E-state index < -0.39 is 23.6 Å². The van der Waals surface area contributed by atoms with Gasteiger partial charge in [-0.1, -0.05) is 65.1 Å². The lowest BCUT2D eigenvalue weighted by atomic mass is 10.1. The Hall–Kier alpha value is -3.23. The number of anilines is 1. The maximum atomic E-state index is 13.1. The predicted molar refractivity (Wildman–Crippen MR) is 155 cm³/mol. The van der Waals surface area contributed by atoms with Crippen LogP contribution < -0.4 is 5.32 Å². The summed E-state index contributed by atoms with van der Waals surface area (Å²) in [6.45, 7) is 1.85. The summed E-state index contributed by atoms with van der Waals surface area (Å²) in [5, 5.41) is 4.70. The van der Waals surface area contributed by atoms with E-state index >= 15 is 0 Å². The molecule has 4 aromatic rings. The molecule has 38 heavy (non-hydrogen) atoms. The molecule has 1 aliphatic rings. The van der Waals surface area contributed by atoms with Crippen molar-refractivity contribution in [2.45, 2.75) is 13.5 Å². The van der Waals surface area contributed by atoms with Gasteiger partial charge in [0.25, 0.3) is 11.1 Å². The van der Waals surface area contributed by atoms with E-state index in [0.29, 0.717) is 27.3 Å². The number of halogens is 3. The van der Waals surface area contributed by atoms with Gasteiger partial charge in [0.15, 0.2) is 0 Å². The number of hydrogen-bond acceptors (Lipinski definition) is 4. The van der Waals surface area contributed by atoms with Crippen LogP contribution in [-0.2, 0) is 16.1 Å². The smallest absolute Gasteiger partial charge is 0.294 e. The van der Waals surface area contributed by atoms with Crippen LogP contribution in [0.1, 0.15) is 16.7 Å². The number of thioether (sulfide) groups is 1. The Labute approximate surface area is 238 Å². The minimum absolute atomic E-state index is 0.236. The summed E-state index contributed by atoms with van der Waals surface area (Å²) >= 11 is 19.6. The minimum Gasteiger partial charge on any atom is -0.342 e. The largest absolute Gasteiger partial charge is 0.342 e. The first-order valence-corrected chi connectivity index (χ1v) is 13.5. The molecule has 192 valence electrons. The Morgan fingerprint density at radius 2 is 1.74 bits per heavy atom. The van der Waals surface area contributed by atoms with Crippen LogP contribution in [0, 0.1) is 6.92 Å². The van der Waals surface area contributed by atoms with E-state index in [0.717, 1.165) is 44.3 Å². The van der Waals surface area contributed by atoms with Gasteiger partial charge in [0.1, 0.15) is 6.54 Å². The lowest BCUT2D eigenvalue weighted by Crippen LogP contribution is -2.36. The van der Waals surface area contributed by atoms with Crippen molar-refractivity contribution in [2.75, 3.05) is 11.9 Å². The van der Waals surface area contributed by atoms with E-state index in [1.54, 1.807) is 42.5 Å². The fraction of sp³-hybridized carbons (Fsp3) is 0.107. The van der Waals surface area contributed by atoms with Gasteiger partial charge >= 0.3 is 0 Å². The number of carbonyl (C=O) groups excluding carboxylic acids is 3. The molecule has 0 bridgehead atoms. The van der Waals surface area contributed by atoms with Crippen LogP contribution in [0.5, 0.6) is 0 Å². The monoisotopic (exact) mass is 583 g/mol. The number of amides is 3. The Morgan fingerprint density at radius 3 is 2.50 bits per heavy atom. The van der Waals surface area contributed by atoms with Gasteiger partial charge in [0.05, 0.1) is 11.4 Å². The number of benzene rings is 3. The summed E-state index contributed by atoms with van der Waals surface area (Å²) < 4.78 is 2.00. The maximum Gasteiger partial charge on any atom is 0.294 e. The molecule has 0 unspecified atom stereocenters. The summed E-state index contributed by atoms with van der Waals surface area (Å²) in [6, 6.07) is 18.2. The van der Waals surface area contributed by atoms with Gasteiger partial charge in [-0.3, -0.25) is 19.3 Å². The molecule has 2 heterocycles. The summed E-state index contributed by atoms with van der Waals surface area (Å²) in [4.78, 5) is 39.6. The second-order valence-corrected chi connectivity index (χ2v) is 10.9. The second kappa shape index (κ2) is 10.9. The van der Waals surface area contributed by atoms with Crippen molar-refractivity contribution in [3.05, 3.63) is 104 Å². The molecule has 10 heteroatoms. The van der Waals surface area contributed by atoms with Crippen molar-refractivity contribution in [2.24, 2.45) is 0 Å². The normalized spacial score (nSPS) is 14.6. The SMILES string of the molecule is Cc1ccc(Cl)cc1NC(=O)CN1C(=O)S/C(=C\c2cn(Cc3c(Cl)cccc3Cl)c3ccccc23)C1=O. The Kier molecular flexibility index (Phi) is 7.54. The molecule has 0 spiro atoms. The van der Waals surface area contributed by atoms with Crippen molar-refractivity contribution >= 4 is 86.3 Å².